The van der Waals surface area contributed by atoms with Gasteiger partial charge in [0.2, 0.25) is 5.91 Å². The average Bonchev–Trinajstić information content (AvgIpc) is 2.53. The topological polar surface area (TPSA) is 78.9 Å². The van der Waals surface area contributed by atoms with Crippen LogP contribution in [-0.2, 0) is 16.0 Å². The minimum atomic E-state index is -0.290. The first kappa shape index (κ1) is 14.0. The van der Waals surface area contributed by atoms with E-state index in [9.17, 15) is 14.7 Å². The maximum Gasteiger partial charge on any atom is 0.254 e. The number of nitrogens with one attached hydrogen (secondary N) is 1. The second kappa shape index (κ2) is 5.83. The van der Waals surface area contributed by atoms with Crippen LogP contribution in [0.5, 0.6) is 0 Å². The maximum absolute atomic E-state index is 12.6. The summed E-state index contributed by atoms with van der Waals surface area (Å²) in [5.41, 5.74) is 2.35. The minimum absolute atomic E-state index is 0.00935. The lowest BCUT2D eigenvalue weighted by atomic mass is 9.99. The number of anilines is 1. The number of aliphatic hydroxyl groups excluding tert-OH is 1. The maximum atomic E-state index is 12.6. The van der Waals surface area contributed by atoms with E-state index in [1.165, 1.54) is 0 Å². The average molecular weight is 290 g/mol. The second-order valence-electron chi connectivity index (χ2n) is 5.33. The van der Waals surface area contributed by atoms with Crippen LogP contribution in [0.15, 0.2) is 18.2 Å². The number of rotatable bonds is 2. The zero-order chi connectivity index (χ0) is 14.8. The van der Waals surface area contributed by atoms with Crippen LogP contribution in [0.1, 0.15) is 22.3 Å². The lowest BCUT2D eigenvalue weighted by Gasteiger charge is -2.34. The molecule has 2 heterocycles. The highest BCUT2D eigenvalue weighted by Gasteiger charge is 2.28. The van der Waals surface area contributed by atoms with E-state index in [0.717, 1.165) is 11.3 Å². The SMILES string of the molecule is O=C1CCc2cc(C(=O)N3CCOCC3CO)ccc2N1. The van der Waals surface area contributed by atoms with E-state index in [1.807, 2.05) is 6.07 Å². The van der Waals surface area contributed by atoms with Gasteiger partial charge in [0, 0.05) is 24.2 Å². The molecular formula is C15H18N2O4. The molecule has 0 saturated carbocycles. The molecule has 0 aromatic heterocycles. The quantitative estimate of drug-likeness (QED) is 0.826. The monoisotopic (exact) mass is 290 g/mol. The Labute approximate surface area is 122 Å². The smallest absolute Gasteiger partial charge is 0.254 e. The molecule has 1 saturated heterocycles. The predicted molar refractivity (Wildman–Crippen MR) is 76.1 cm³/mol. The molecule has 1 unspecified atom stereocenters. The minimum Gasteiger partial charge on any atom is -0.394 e. The van der Waals surface area contributed by atoms with Crippen LogP contribution in [0.2, 0.25) is 0 Å². The zero-order valence-corrected chi connectivity index (χ0v) is 11.7. The molecule has 0 bridgehead atoms. The van der Waals surface area contributed by atoms with Crippen molar-refractivity contribution in [3.05, 3.63) is 29.3 Å². The lowest BCUT2D eigenvalue weighted by Crippen LogP contribution is -2.50. The van der Waals surface area contributed by atoms with Gasteiger partial charge in [0.15, 0.2) is 0 Å². The van der Waals surface area contributed by atoms with Gasteiger partial charge in [-0.3, -0.25) is 9.59 Å². The van der Waals surface area contributed by atoms with Crippen LogP contribution >= 0.6 is 0 Å². The van der Waals surface area contributed by atoms with E-state index in [0.29, 0.717) is 38.2 Å². The molecule has 2 aliphatic heterocycles. The Bertz CT molecular complexity index is 573. The molecule has 112 valence electrons. The summed E-state index contributed by atoms with van der Waals surface area (Å²) in [7, 11) is 0. The number of aryl methyl sites for hydroxylation is 1. The molecule has 2 amide bonds. The summed E-state index contributed by atoms with van der Waals surface area (Å²) in [4.78, 5) is 25.6. The van der Waals surface area contributed by atoms with Crippen molar-refractivity contribution in [3.63, 3.8) is 0 Å². The molecule has 3 rings (SSSR count). The normalized spacial score (nSPS) is 21.7. The second-order valence-corrected chi connectivity index (χ2v) is 5.33. The zero-order valence-electron chi connectivity index (χ0n) is 11.7. The van der Waals surface area contributed by atoms with Gasteiger partial charge >= 0.3 is 0 Å². The van der Waals surface area contributed by atoms with Crippen molar-refractivity contribution in [2.24, 2.45) is 0 Å². The summed E-state index contributed by atoms with van der Waals surface area (Å²) < 4.78 is 5.29. The number of fused-ring (bicyclic) bond motifs is 1. The number of nitrogens with zero attached hydrogens (tertiary/aromatic N) is 1. The molecule has 0 spiro atoms. The first-order valence-electron chi connectivity index (χ1n) is 7.11. The first-order valence-corrected chi connectivity index (χ1v) is 7.11. The first-order chi connectivity index (χ1) is 10.2. The van der Waals surface area contributed by atoms with Crippen molar-refractivity contribution >= 4 is 17.5 Å². The van der Waals surface area contributed by atoms with Crippen LogP contribution in [-0.4, -0.2) is 54.2 Å². The van der Waals surface area contributed by atoms with Crippen LogP contribution in [0.3, 0.4) is 0 Å². The van der Waals surface area contributed by atoms with Crippen LogP contribution in [0.25, 0.3) is 0 Å². The van der Waals surface area contributed by atoms with Gasteiger partial charge in [-0.1, -0.05) is 0 Å². The summed E-state index contributed by atoms with van der Waals surface area (Å²) >= 11 is 0. The summed E-state index contributed by atoms with van der Waals surface area (Å²) in [6.07, 6.45) is 1.09. The standard InChI is InChI=1S/C15H18N2O4/c18-8-12-9-21-6-5-17(12)15(20)11-1-3-13-10(7-11)2-4-14(19)16-13/h1,3,7,12,18H,2,4-6,8-9H2,(H,16,19). The van der Waals surface area contributed by atoms with Crippen molar-refractivity contribution in [2.45, 2.75) is 18.9 Å². The summed E-state index contributed by atoms with van der Waals surface area (Å²) in [6, 6.07) is 5.04. The highest BCUT2D eigenvalue weighted by atomic mass is 16.5. The van der Waals surface area contributed by atoms with Crippen molar-refractivity contribution in [2.75, 3.05) is 31.7 Å². The number of benzene rings is 1. The molecule has 6 heteroatoms. The van der Waals surface area contributed by atoms with E-state index >= 15 is 0 Å². The van der Waals surface area contributed by atoms with Gasteiger partial charge < -0.3 is 20.1 Å². The van der Waals surface area contributed by atoms with Crippen molar-refractivity contribution in [1.82, 2.24) is 4.90 Å². The predicted octanol–water partition coefficient (Wildman–Crippen LogP) is 0.405. The Morgan fingerprint density at radius 2 is 2.29 bits per heavy atom. The van der Waals surface area contributed by atoms with Gasteiger partial charge in [-0.15, -0.1) is 0 Å². The fourth-order valence-electron chi connectivity index (χ4n) is 2.76. The van der Waals surface area contributed by atoms with Crippen molar-refractivity contribution in [1.29, 1.82) is 0 Å². The van der Waals surface area contributed by atoms with Gasteiger partial charge in [0.05, 0.1) is 25.9 Å². The number of carbonyl (C=O) groups is 2. The largest absolute Gasteiger partial charge is 0.394 e. The molecule has 6 nitrogen and oxygen atoms in total. The Morgan fingerprint density at radius 3 is 3.10 bits per heavy atom. The highest BCUT2D eigenvalue weighted by molar-refractivity contribution is 5.98. The van der Waals surface area contributed by atoms with Gasteiger partial charge in [-0.05, 0) is 30.2 Å². The number of carbonyl (C=O) groups excluding carboxylic acids is 2. The fraction of sp³-hybridized carbons (Fsp3) is 0.467. The molecule has 0 aliphatic carbocycles. The molecule has 1 fully saturated rings. The van der Waals surface area contributed by atoms with Crippen LogP contribution in [0, 0.1) is 0 Å². The van der Waals surface area contributed by atoms with Crippen LogP contribution in [0.4, 0.5) is 5.69 Å². The number of hydrogen-bond donors (Lipinski definition) is 2. The number of morpholine rings is 1. The number of ether oxygens (including phenoxy) is 1. The molecule has 0 radical (unpaired) electrons. The van der Waals surface area contributed by atoms with Gasteiger partial charge in [-0.2, -0.15) is 0 Å². The van der Waals surface area contributed by atoms with E-state index < -0.39 is 0 Å². The third-order valence-electron chi connectivity index (χ3n) is 3.95. The third kappa shape index (κ3) is 2.77. The molecule has 21 heavy (non-hydrogen) atoms. The molecule has 1 atom stereocenters. The van der Waals surface area contributed by atoms with Gasteiger partial charge in [-0.25, -0.2) is 0 Å². The highest BCUT2D eigenvalue weighted by Crippen LogP contribution is 2.24. The molecule has 2 aliphatic rings. The molecule has 1 aromatic rings. The Balaban J connectivity index is 1.83. The van der Waals surface area contributed by atoms with E-state index in [-0.39, 0.29) is 24.5 Å². The molecule has 2 N–H and O–H groups in total. The van der Waals surface area contributed by atoms with E-state index in [4.69, 9.17) is 4.74 Å². The van der Waals surface area contributed by atoms with E-state index in [1.54, 1.807) is 17.0 Å². The number of aliphatic hydroxyl groups is 1. The Kier molecular flexibility index (Phi) is 3.90. The van der Waals surface area contributed by atoms with E-state index in [2.05, 4.69) is 5.32 Å². The summed E-state index contributed by atoms with van der Waals surface area (Å²) in [5, 5.41) is 12.2. The summed E-state index contributed by atoms with van der Waals surface area (Å²) in [5.74, 6) is -0.0906. The number of hydrogen-bond acceptors (Lipinski definition) is 4. The molecule has 1 aromatic carbocycles. The van der Waals surface area contributed by atoms with Crippen molar-refractivity contribution < 1.29 is 19.4 Å². The van der Waals surface area contributed by atoms with Crippen molar-refractivity contribution in [3.8, 4) is 0 Å². The Hall–Kier alpha value is -1.92. The van der Waals surface area contributed by atoms with Crippen LogP contribution < -0.4 is 5.32 Å². The summed E-state index contributed by atoms with van der Waals surface area (Å²) in [6.45, 7) is 1.23. The van der Waals surface area contributed by atoms with Gasteiger partial charge in [0.1, 0.15) is 0 Å². The third-order valence-corrected chi connectivity index (χ3v) is 3.95. The number of amides is 2. The van der Waals surface area contributed by atoms with Gasteiger partial charge in [0.25, 0.3) is 5.91 Å². The fourth-order valence-corrected chi connectivity index (χ4v) is 2.76. The lowest BCUT2D eigenvalue weighted by molar-refractivity contribution is -0.116. The molecular weight excluding hydrogens is 272 g/mol. The Morgan fingerprint density at radius 1 is 1.43 bits per heavy atom.